The summed E-state index contributed by atoms with van der Waals surface area (Å²) in [6.45, 7) is 5.04. The Morgan fingerprint density at radius 3 is 2.57 bits per heavy atom. The molecule has 0 atom stereocenters. The zero-order valence-electron chi connectivity index (χ0n) is 15.7. The van der Waals surface area contributed by atoms with Crippen LogP contribution in [0.5, 0.6) is 0 Å². The standard InChI is InChI=1S/C21H21Cl2N3OS/c1-14(2)21-25-17(13-28-21)10-20(27)26(12-16-5-3-4-8-24-16)11-15-6-7-18(22)19(23)9-15/h3-9,13-14H,10-12H2,1-2H3. The number of rotatable bonds is 7. The molecule has 0 fully saturated rings. The van der Waals surface area contributed by atoms with Gasteiger partial charge in [-0.15, -0.1) is 11.3 Å². The number of halogens is 2. The summed E-state index contributed by atoms with van der Waals surface area (Å²) in [5.41, 5.74) is 2.55. The van der Waals surface area contributed by atoms with Gasteiger partial charge in [0.05, 0.1) is 39.4 Å². The van der Waals surface area contributed by atoms with Gasteiger partial charge in [-0.3, -0.25) is 9.78 Å². The minimum Gasteiger partial charge on any atom is -0.332 e. The predicted molar refractivity (Wildman–Crippen MR) is 115 cm³/mol. The van der Waals surface area contributed by atoms with E-state index in [0.717, 1.165) is 22.0 Å². The Kier molecular flexibility index (Phi) is 7.05. The average molecular weight is 434 g/mol. The number of pyridine rings is 1. The summed E-state index contributed by atoms with van der Waals surface area (Å²) in [6, 6.07) is 11.1. The summed E-state index contributed by atoms with van der Waals surface area (Å²) in [5.74, 6) is 0.354. The van der Waals surface area contributed by atoms with Gasteiger partial charge in [-0.2, -0.15) is 0 Å². The van der Waals surface area contributed by atoms with Crippen molar-refractivity contribution in [1.29, 1.82) is 0 Å². The van der Waals surface area contributed by atoms with Crippen molar-refractivity contribution < 1.29 is 4.79 Å². The van der Waals surface area contributed by atoms with E-state index < -0.39 is 0 Å². The molecule has 0 saturated heterocycles. The summed E-state index contributed by atoms with van der Waals surface area (Å²) < 4.78 is 0. The summed E-state index contributed by atoms with van der Waals surface area (Å²) in [5, 5.41) is 3.98. The van der Waals surface area contributed by atoms with E-state index in [9.17, 15) is 4.79 Å². The number of aromatic nitrogens is 2. The number of carbonyl (C=O) groups is 1. The quantitative estimate of drug-likeness (QED) is 0.476. The van der Waals surface area contributed by atoms with E-state index in [2.05, 4.69) is 23.8 Å². The molecule has 1 amide bonds. The highest BCUT2D eigenvalue weighted by Gasteiger charge is 2.18. The van der Waals surface area contributed by atoms with E-state index in [-0.39, 0.29) is 12.3 Å². The Balaban J connectivity index is 1.79. The van der Waals surface area contributed by atoms with Gasteiger partial charge >= 0.3 is 0 Å². The lowest BCUT2D eigenvalue weighted by Gasteiger charge is -2.22. The van der Waals surface area contributed by atoms with Crippen molar-refractivity contribution in [2.45, 2.75) is 39.3 Å². The first-order valence-electron chi connectivity index (χ1n) is 8.98. The SMILES string of the molecule is CC(C)c1nc(CC(=O)N(Cc2ccc(Cl)c(Cl)c2)Cc2ccccn2)cs1. The van der Waals surface area contributed by atoms with Crippen molar-refractivity contribution in [1.82, 2.24) is 14.9 Å². The molecule has 0 radical (unpaired) electrons. The van der Waals surface area contributed by atoms with Crippen molar-refractivity contribution in [2.24, 2.45) is 0 Å². The number of nitrogens with zero attached hydrogens (tertiary/aromatic N) is 3. The van der Waals surface area contributed by atoms with Crippen LogP contribution in [0.25, 0.3) is 0 Å². The van der Waals surface area contributed by atoms with Crippen LogP contribution < -0.4 is 0 Å². The second-order valence-corrected chi connectivity index (χ2v) is 8.53. The normalized spacial score (nSPS) is 11.0. The summed E-state index contributed by atoms with van der Waals surface area (Å²) in [7, 11) is 0. The number of carbonyl (C=O) groups excluding carboxylic acids is 1. The number of benzene rings is 1. The van der Waals surface area contributed by atoms with Gasteiger partial charge in [-0.25, -0.2) is 4.98 Å². The highest BCUT2D eigenvalue weighted by molar-refractivity contribution is 7.09. The molecule has 0 saturated carbocycles. The third-order valence-electron chi connectivity index (χ3n) is 4.18. The van der Waals surface area contributed by atoms with Crippen LogP contribution in [0.3, 0.4) is 0 Å². The zero-order valence-corrected chi connectivity index (χ0v) is 18.1. The molecule has 0 bridgehead atoms. The van der Waals surface area contributed by atoms with Gasteiger partial charge in [0.2, 0.25) is 5.91 Å². The van der Waals surface area contributed by atoms with Crippen LogP contribution in [0.1, 0.15) is 41.7 Å². The first-order valence-corrected chi connectivity index (χ1v) is 10.6. The second kappa shape index (κ2) is 9.50. The average Bonchev–Trinajstić information content (AvgIpc) is 3.14. The number of hydrogen-bond donors (Lipinski definition) is 0. The molecular weight excluding hydrogens is 413 g/mol. The molecule has 28 heavy (non-hydrogen) atoms. The molecule has 1 aromatic carbocycles. The number of amides is 1. The highest BCUT2D eigenvalue weighted by atomic mass is 35.5. The molecular formula is C21H21Cl2N3OS. The minimum absolute atomic E-state index is 0.00247. The van der Waals surface area contributed by atoms with Crippen molar-refractivity contribution in [2.75, 3.05) is 0 Å². The van der Waals surface area contributed by atoms with Gasteiger partial charge < -0.3 is 4.90 Å². The maximum atomic E-state index is 13.1. The molecule has 0 aliphatic heterocycles. The topological polar surface area (TPSA) is 46.1 Å². The first kappa shape index (κ1) is 20.8. The fourth-order valence-corrected chi connectivity index (χ4v) is 3.87. The molecule has 2 aromatic heterocycles. The molecule has 2 heterocycles. The molecule has 3 aromatic rings. The molecule has 3 rings (SSSR count). The predicted octanol–water partition coefficient (Wildman–Crippen LogP) is 5.74. The smallest absolute Gasteiger partial charge is 0.229 e. The van der Waals surface area contributed by atoms with Gasteiger partial charge in [0.15, 0.2) is 0 Å². The van der Waals surface area contributed by atoms with Crippen LogP contribution in [0.2, 0.25) is 10.0 Å². The molecule has 146 valence electrons. The molecule has 7 heteroatoms. The fourth-order valence-electron chi connectivity index (χ4n) is 2.71. The first-order chi connectivity index (χ1) is 13.4. The Morgan fingerprint density at radius 1 is 1.11 bits per heavy atom. The lowest BCUT2D eigenvalue weighted by Crippen LogP contribution is -2.31. The van der Waals surface area contributed by atoms with Crippen LogP contribution in [0.15, 0.2) is 48.0 Å². The Labute approximate surface area is 179 Å². The van der Waals surface area contributed by atoms with Crippen LogP contribution in [-0.2, 0) is 24.3 Å². The van der Waals surface area contributed by atoms with Crippen molar-refractivity contribution in [3.05, 3.63) is 80.0 Å². The molecule has 0 N–H and O–H groups in total. The summed E-state index contributed by atoms with van der Waals surface area (Å²) in [4.78, 5) is 23.8. The number of hydrogen-bond acceptors (Lipinski definition) is 4. The number of thiazole rings is 1. The molecule has 0 aliphatic rings. The van der Waals surface area contributed by atoms with E-state index in [1.165, 1.54) is 0 Å². The molecule has 0 spiro atoms. The molecule has 4 nitrogen and oxygen atoms in total. The minimum atomic E-state index is -0.00247. The Hall–Kier alpha value is -1.95. The van der Waals surface area contributed by atoms with Crippen LogP contribution >= 0.6 is 34.5 Å². The Bertz CT molecular complexity index is 944. The maximum Gasteiger partial charge on any atom is 0.229 e. The summed E-state index contributed by atoms with van der Waals surface area (Å²) >= 11 is 13.8. The van der Waals surface area contributed by atoms with Crippen molar-refractivity contribution >= 4 is 40.4 Å². The third kappa shape index (κ3) is 5.53. The largest absolute Gasteiger partial charge is 0.332 e. The van der Waals surface area contributed by atoms with Gasteiger partial charge in [0.25, 0.3) is 0 Å². The van der Waals surface area contributed by atoms with E-state index in [0.29, 0.717) is 29.1 Å². The second-order valence-electron chi connectivity index (χ2n) is 6.83. The molecule has 0 unspecified atom stereocenters. The fraction of sp³-hybridized carbons (Fsp3) is 0.286. The van der Waals surface area contributed by atoms with Gasteiger partial charge in [0, 0.05) is 24.0 Å². The maximum absolute atomic E-state index is 13.1. The van der Waals surface area contributed by atoms with Crippen molar-refractivity contribution in [3.63, 3.8) is 0 Å². The van der Waals surface area contributed by atoms with Crippen molar-refractivity contribution in [3.8, 4) is 0 Å². The van der Waals surface area contributed by atoms with Crippen LogP contribution in [0, 0.1) is 0 Å². The van der Waals surface area contributed by atoms with Gasteiger partial charge in [0.1, 0.15) is 0 Å². The van der Waals surface area contributed by atoms with Gasteiger partial charge in [-0.1, -0.05) is 49.2 Å². The lowest BCUT2D eigenvalue weighted by molar-refractivity contribution is -0.131. The Morgan fingerprint density at radius 2 is 1.93 bits per heavy atom. The lowest BCUT2D eigenvalue weighted by atomic mass is 10.2. The van der Waals surface area contributed by atoms with Gasteiger partial charge in [-0.05, 0) is 29.8 Å². The third-order valence-corrected chi connectivity index (χ3v) is 6.12. The summed E-state index contributed by atoms with van der Waals surface area (Å²) in [6.07, 6.45) is 1.99. The van der Waals surface area contributed by atoms with Crippen LogP contribution in [-0.4, -0.2) is 20.8 Å². The zero-order chi connectivity index (χ0) is 20.1. The van der Waals surface area contributed by atoms with E-state index in [1.807, 2.05) is 29.6 Å². The monoisotopic (exact) mass is 433 g/mol. The van der Waals surface area contributed by atoms with E-state index >= 15 is 0 Å². The van der Waals surface area contributed by atoms with E-state index in [4.69, 9.17) is 23.2 Å². The van der Waals surface area contributed by atoms with Crippen LogP contribution in [0.4, 0.5) is 0 Å². The van der Waals surface area contributed by atoms with E-state index in [1.54, 1.807) is 34.6 Å². The molecule has 0 aliphatic carbocycles. The highest BCUT2D eigenvalue weighted by Crippen LogP contribution is 2.24.